The van der Waals surface area contributed by atoms with Crippen LogP contribution in [0.3, 0.4) is 0 Å². The number of ether oxygens (including phenoxy) is 1. The van der Waals surface area contributed by atoms with E-state index in [0.717, 1.165) is 31.3 Å². The van der Waals surface area contributed by atoms with Gasteiger partial charge in [0.1, 0.15) is 5.75 Å². The maximum atomic E-state index is 12.2. The molecule has 112 valence electrons. The monoisotopic (exact) mass is 286 g/mol. The van der Waals surface area contributed by atoms with Gasteiger partial charge in [0.2, 0.25) is 5.72 Å². The number of carbonyl (C=O) groups excluding carboxylic acids is 1. The van der Waals surface area contributed by atoms with Crippen molar-refractivity contribution in [1.29, 1.82) is 0 Å². The Bertz CT molecular complexity index is 545. The summed E-state index contributed by atoms with van der Waals surface area (Å²) >= 11 is 0. The van der Waals surface area contributed by atoms with Crippen molar-refractivity contribution in [3.63, 3.8) is 0 Å². The van der Waals surface area contributed by atoms with Crippen molar-refractivity contribution in [1.82, 2.24) is 10.2 Å². The van der Waals surface area contributed by atoms with Crippen LogP contribution in [0.15, 0.2) is 24.3 Å². The first-order chi connectivity index (χ1) is 10.2. The van der Waals surface area contributed by atoms with Crippen LogP contribution in [0.4, 0.5) is 0 Å². The average molecular weight is 286 g/mol. The summed E-state index contributed by atoms with van der Waals surface area (Å²) in [5, 5.41) is 3.05. The molecule has 3 aliphatic rings. The molecule has 2 aliphatic heterocycles. The van der Waals surface area contributed by atoms with E-state index in [1.54, 1.807) is 0 Å². The number of nitrogens with one attached hydrogen (secondary N) is 1. The first kappa shape index (κ1) is 13.1. The van der Waals surface area contributed by atoms with Crippen molar-refractivity contribution < 1.29 is 9.53 Å². The molecule has 4 nitrogen and oxygen atoms in total. The minimum atomic E-state index is -0.486. The summed E-state index contributed by atoms with van der Waals surface area (Å²) in [5.41, 5.74) is 0.161. The van der Waals surface area contributed by atoms with Crippen molar-refractivity contribution in [2.45, 2.75) is 37.8 Å². The van der Waals surface area contributed by atoms with E-state index in [4.69, 9.17) is 4.74 Å². The molecule has 1 spiro atoms. The number of fused-ring (bicyclic) bond motifs is 1. The molecular weight excluding hydrogens is 264 g/mol. The van der Waals surface area contributed by atoms with E-state index in [-0.39, 0.29) is 5.91 Å². The fraction of sp³-hybridized carbons (Fsp3) is 0.588. The van der Waals surface area contributed by atoms with E-state index in [2.05, 4.69) is 10.2 Å². The summed E-state index contributed by atoms with van der Waals surface area (Å²) in [6, 6.07) is 7.50. The summed E-state index contributed by atoms with van der Waals surface area (Å²) in [5.74, 6) is 1.55. The van der Waals surface area contributed by atoms with Gasteiger partial charge in [-0.3, -0.25) is 9.69 Å². The molecule has 1 amide bonds. The van der Waals surface area contributed by atoms with Gasteiger partial charge in [0.15, 0.2) is 0 Å². The third-order valence-corrected chi connectivity index (χ3v) is 4.98. The Morgan fingerprint density at radius 2 is 1.95 bits per heavy atom. The molecule has 0 unspecified atom stereocenters. The minimum absolute atomic E-state index is 0.00540. The third kappa shape index (κ3) is 2.42. The van der Waals surface area contributed by atoms with E-state index in [1.807, 2.05) is 24.3 Å². The second-order valence-electron chi connectivity index (χ2n) is 6.72. The van der Waals surface area contributed by atoms with Gasteiger partial charge in [-0.15, -0.1) is 0 Å². The van der Waals surface area contributed by atoms with Crippen LogP contribution in [0.2, 0.25) is 0 Å². The number of hydrogen-bond acceptors (Lipinski definition) is 3. The van der Waals surface area contributed by atoms with Gasteiger partial charge in [0.05, 0.1) is 18.7 Å². The van der Waals surface area contributed by atoms with Crippen LogP contribution in [0.5, 0.6) is 5.75 Å². The van der Waals surface area contributed by atoms with Crippen LogP contribution < -0.4 is 10.1 Å². The first-order valence-electron chi connectivity index (χ1n) is 8.07. The molecule has 0 aromatic heterocycles. The van der Waals surface area contributed by atoms with E-state index in [0.29, 0.717) is 5.56 Å². The van der Waals surface area contributed by atoms with Crippen LogP contribution in [-0.4, -0.2) is 36.2 Å². The topological polar surface area (TPSA) is 41.6 Å². The average Bonchev–Trinajstić information content (AvgIpc) is 2.47. The smallest absolute Gasteiger partial charge is 0.258 e. The molecule has 1 saturated heterocycles. The molecule has 4 heteroatoms. The molecule has 2 fully saturated rings. The molecule has 21 heavy (non-hydrogen) atoms. The highest BCUT2D eigenvalue weighted by atomic mass is 16.5. The van der Waals surface area contributed by atoms with Gasteiger partial charge in [-0.2, -0.15) is 0 Å². The van der Waals surface area contributed by atoms with Crippen LogP contribution >= 0.6 is 0 Å². The van der Waals surface area contributed by atoms with Crippen molar-refractivity contribution >= 4 is 5.91 Å². The summed E-state index contributed by atoms with van der Waals surface area (Å²) in [7, 11) is 0. The molecule has 1 aliphatic carbocycles. The fourth-order valence-electron chi connectivity index (χ4n) is 3.94. The van der Waals surface area contributed by atoms with Gasteiger partial charge >= 0.3 is 0 Å². The van der Waals surface area contributed by atoms with E-state index >= 15 is 0 Å². The molecule has 0 atom stereocenters. The Hall–Kier alpha value is -1.55. The highest BCUT2D eigenvalue weighted by Crippen LogP contribution is 2.34. The van der Waals surface area contributed by atoms with Crippen LogP contribution in [0, 0.1) is 5.92 Å². The summed E-state index contributed by atoms with van der Waals surface area (Å²) in [6.45, 7) is 2.77. The molecule has 4 rings (SSSR count). The van der Waals surface area contributed by atoms with E-state index in [9.17, 15) is 4.79 Å². The number of amides is 1. The number of hydrogen-bond donors (Lipinski definition) is 1. The zero-order valence-corrected chi connectivity index (χ0v) is 12.3. The van der Waals surface area contributed by atoms with Gasteiger partial charge in [-0.1, -0.05) is 31.4 Å². The predicted octanol–water partition coefficient (Wildman–Crippen LogP) is 2.40. The van der Waals surface area contributed by atoms with Crippen molar-refractivity contribution in [3.05, 3.63) is 29.8 Å². The van der Waals surface area contributed by atoms with Gasteiger partial charge in [-0.25, -0.2) is 0 Å². The Morgan fingerprint density at radius 1 is 1.19 bits per heavy atom. The standard InChI is InChI=1S/C17H22N2O2/c20-16-14-8-4-5-9-15(14)21-17(18-16)11-19(12-17)10-13-6-2-1-3-7-13/h4-5,8-9,13H,1-3,6-7,10-12H2,(H,18,20). The van der Waals surface area contributed by atoms with E-state index in [1.165, 1.54) is 32.1 Å². The van der Waals surface area contributed by atoms with Gasteiger partial charge in [0.25, 0.3) is 5.91 Å². The SMILES string of the molecule is O=C1NC2(CN(CC3CCCCC3)C2)Oc2ccccc21. The number of rotatable bonds is 2. The molecule has 1 N–H and O–H groups in total. The lowest BCUT2D eigenvalue weighted by molar-refractivity contribution is -0.104. The van der Waals surface area contributed by atoms with Gasteiger partial charge < -0.3 is 10.1 Å². The molecule has 2 heterocycles. The number of benzene rings is 1. The molecule has 1 saturated carbocycles. The zero-order chi connectivity index (χ0) is 14.3. The predicted molar refractivity (Wildman–Crippen MR) is 80.3 cm³/mol. The Morgan fingerprint density at radius 3 is 2.76 bits per heavy atom. The molecule has 0 radical (unpaired) electrons. The molecule has 1 aromatic carbocycles. The summed E-state index contributed by atoms with van der Waals surface area (Å²) in [4.78, 5) is 14.6. The fourth-order valence-corrected chi connectivity index (χ4v) is 3.94. The normalized spacial score (nSPS) is 24.9. The van der Waals surface area contributed by atoms with E-state index < -0.39 is 5.72 Å². The molecule has 0 bridgehead atoms. The maximum Gasteiger partial charge on any atom is 0.258 e. The van der Waals surface area contributed by atoms with Crippen LogP contribution in [-0.2, 0) is 0 Å². The minimum Gasteiger partial charge on any atom is -0.464 e. The number of carbonyl (C=O) groups is 1. The lowest BCUT2D eigenvalue weighted by Crippen LogP contribution is -2.75. The van der Waals surface area contributed by atoms with Crippen LogP contribution in [0.25, 0.3) is 0 Å². The van der Waals surface area contributed by atoms with Gasteiger partial charge in [0, 0.05) is 6.54 Å². The molecular formula is C17H22N2O2. The Balaban J connectivity index is 1.39. The number of likely N-dealkylation sites (tertiary alicyclic amines) is 1. The van der Waals surface area contributed by atoms with Crippen molar-refractivity contribution in [2.24, 2.45) is 5.92 Å². The zero-order valence-electron chi connectivity index (χ0n) is 12.3. The molecule has 1 aromatic rings. The first-order valence-corrected chi connectivity index (χ1v) is 8.07. The van der Waals surface area contributed by atoms with Crippen molar-refractivity contribution in [3.8, 4) is 5.75 Å². The second-order valence-corrected chi connectivity index (χ2v) is 6.72. The largest absolute Gasteiger partial charge is 0.464 e. The summed E-state index contributed by atoms with van der Waals surface area (Å²) < 4.78 is 6.07. The van der Waals surface area contributed by atoms with Gasteiger partial charge in [-0.05, 0) is 30.9 Å². The lowest BCUT2D eigenvalue weighted by Gasteiger charge is -2.52. The third-order valence-electron chi connectivity index (χ3n) is 4.98. The van der Waals surface area contributed by atoms with Crippen molar-refractivity contribution in [2.75, 3.05) is 19.6 Å². The highest BCUT2D eigenvalue weighted by molar-refractivity contribution is 5.98. The summed E-state index contributed by atoms with van der Waals surface area (Å²) in [6.07, 6.45) is 6.88. The lowest BCUT2D eigenvalue weighted by atomic mass is 9.87. The number of para-hydroxylation sites is 1. The Kier molecular flexibility index (Phi) is 3.14. The van der Waals surface area contributed by atoms with Crippen LogP contribution in [0.1, 0.15) is 42.5 Å². The maximum absolute atomic E-state index is 12.2. The second kappa shape index (κ2) is 5.02. The number of nitrogens with zero attached hydrogens (tertiary/aromatic N) is 1. The highest BCUT2D eigenvalue weighted by Gasteiger charge is 2.49. The Labute approximate surface area is 125 Å². The quantitative estimate of drug-likeness (QED) is 0.907.